The summed E-state index contributed by atoms with van der Waals surface area (Å²) in [5.41, 5.74) is 1.15. The number of ether oxygens (including phenoxy) is 1. The monoisotopic (exact) mass is 392 g/mol. The van der Waals surface area contributed by atoms with Crippen LogP contribution in [-0.4, -0.2) is 23.1 Å². The Kier molecular flexibility index (Phi) is 6.62. The van der Waals surface area contributed by atoms with E-state index < -0.39 is 15.9 Å². The molecule has 1 aromatic carbocycles. The summed E-state index contributed by atoms with van der Waals surface area (Å²) in [4.78, 5) is 0. The number of benzene rings is 1. The SMILES string of the molecule is CCCC[Te](Cl)(Cl)c1ccccc1[C@H](C)OC. The first kappa shape index (κ1) is 15.6. The van der Waals surface area contributed by atoms with E-state index >= 15 is 0 Å². The van der Waals surface area contributed by atoms with Crippen molar-refractivity contribution < 1.29 is 4.74 Å². The van der Waals surface area contributed by atoms with Gasteiger partial charge in [0.25, 0.3) is 0 Å². The van der Waals surface area contributed by atoms with Gasteiger partial charge in [0.1, 0.15) is 0 Å². The molecule has 0 saturated heterocycles. The molecule has 0 amide bonds. The molecule has 0 bridgehead atoms. The van der Waals surface area contributed by atoms with E-state index in [1.54, 1.807) is 7.11 Å². The fraction of sp³-hybridized carbons (Fsp3) is 0.538. The predicted octanol–water partition coefficient (Wildman–Crippen LogP) is 4.32. The summed E-state index contributed by atoms with van der Waals surface area (Å²) in [7, 11) is 15.0. The Labute approximate surface area is 116 Å². The Balaban J connectivity index is 3.03. The van der Waals surface area contributed by atoms with Crippen LogP contribution in [0.5, 0.6) is 0 Å². The third kappa shape index (κ3) is 4.30. The predicted molar refractivity (Wildman–Crippen MR) is 78.7 cm³/mol. The Morgan fingerprint density at radius 2 is 1.94 bits per heavy atom. The molecule has 0 spiro atoms. The van der Waals surface area contributed by atoms with E-state index in [2.05, 4.69) is 19.1 Å². The Morgan fingerprint density at radius 1 is 1.29 bits per heavy atom. The molecule has 98 valence electrons. The van der Waals surface area contributed by atoms with E-state index in [4.69, 9.17) is 22.7 Å². The van der Waals surface area contributed by atoms with Gasteiger partial charge in [-0.1, -0.05) is 0 Å². The minimum atomic E-state index is -2.93. The quantitative estimate of drug-likeness (QED) is 0.657. The van der Waals surface area contributed by atoms with Crippen LogP contribution in [0.3, 0.4) is 0 Å². The van der Waals surface area contributed by atoms with Gasteiger partial charge in [0.05, 0.1) is 0 Å². The first-order valence-electron chi connectivity index (χ1n) is 5.85. The average molecular weight is 391 g/mol. The van der Waals surface area contributed by atoms with Crippen LogP contribution >= 0.6 is 17.9 Å². The number of unbranched alkanes of at least 4 members (excludes halogenated alkanes) is 1. The van der Waals surface area contributed by atoms with E-state index in [1.165, 1.54) is 0 Å². The zero-order valence-electron chi connectivity index (χ0n) is 10.6. The molecule has 4 heteroatoms. The van der Waals surface area contributed by atoms with Gasteiger partial charge in [0, 0.05) is 0 Å². The van der Waals surface area contributed by atoms with Gasteiger partial charge in [-0.05, 0) is 0 Å². The fourth-order valence-electron chi connectivity index (χ4n) is 1.65. The molecule has 1 nitrogen and oxygen atoms in total. The maximum absolute atomic E-state index is 6.65. The molecular formula is C13H20Cl2OTe. The fourth-order valence-corrected chi connectivity index (χ4v) is 9.93. The van der Waals surface area contributed by atoms with Crippen LogP contribution in [-0.2, 0) is 4.74 Å². The van der Waals surface area contributed by atoms with Gasteiger partial charge in [-0.25, -0.2) is 0 Å². The van der Waals surface area contributed by atoms with E-state index in [1.807, 2.05) is 19.1 Å². The number of hydrogen-bond acceptors (Lipinski definition) is 1. The number of halogens is 2. The molecule has 1 aromatic rings. The van der Waals surface area contributed by atoms with E-state index in [-0.39, 0.29) is 6.10 Å². The van der Waals surface area contributed by atoms with Crippen molar-refractivity contribution in [2.24, 2.45) is 0 Å². The maximum atomic E-state index is 6.65. The normalized spacial score (nSPS) is 14.6. The first-order chi connectivity index (χ1) is 8.03. The summed E-state index contributed by atoms with van der Waals surface area (Å²) >= 11 is -2.93. The van der Waals surface area contributed by atoms with Crippen LogP contribution in [0.15, 0.2) is 24.3 Å². The zero-order chi connectivity index (χ0) is 12.9. The second kappa shape index (κ2) is 7.22. The van der Waals surface area contributed by atoms with Crippen LogP contribution in [0.1, 0.15) is 38.4 Å². The average Bonchev–Trinajstić information content (AvgIpc) is 2.35. The summed E-state index contributed by atoms with van der Waals surface area (Å²) in [6, 6.07) is 8.17. The van der Waals surface area contributed by atoms with Gasteiger partial charge in [-0.2, -0.15) is 0 Å². The summed E-state index contributed by atoms with van der Waals surface area (Å²) in [6.45, 7) is 4.20. The summed E-state index contributed by atoms with van der Waals surface area (Å²) in [5, 5.41) is 0. The van der Waals surface area contributed by atoms with Crippen LogP contribution in [0.4, 0.5) is 0 Å². The van der Waals surface area contributed by atoms with Crippen molar-refractivity contribution in [2.75, 3.05) is 7.11 Å². The Bertz CT molecular complexity index is 355. The Hall–Kier alpha value is 0.550. The van der Waals surface area contributed by atoms with Crippen molar-refractivity contribution in [1.29, 1.82) is 0 Å². The van der Waals surface area contributed by atoms with Crippen molar-refractivity contribution in [3.63, 3.8) is 0 Å². The summed E-state index contributed by atoms with van der Waals surface area (Å²) < 4.78 is 7.50. The van der Waals surface area contributed by atoms with Gasteiger partial charge in [-0.15, -0.1) is 0 Å². The molecule has 0 fully saturated rings. The van der Waals surface area contributed by atoms with E-state index in [0.717, 1.165) is 26.5 Å². The third-order valence-corrected chi connectivity index (χ3v) is 12.3. The minimum absolute atomic E-state index is 0.0519. The van der Waals surface area contributed by atoms with Crippen molar-refractivity contribution in [3.05, 3.63) is 29.8 Å². The van der Waals surface area contributed by atoms with Gasteiger partial charge in [0.2, 0.25) is 0 Å². The van der Waals surface area contributed by atoms with Gasteiger partial charge < -0.3 is 0 Å². The molecule has 0 N–H and O–H groups in total. The van der Waals surface area contributed by atoms with Gasteiger partial charge in [0.15, 0.2) is 0 Å². The van der Waals surface area contributed by atoms with Crippen molar-refractivity contribution in [2.45, 2.75) is 37.3 Å². The number of rotatable bonds is 6. The standard InChI is InChI=1S/C13H20Cl2OTe/c1-4-5-10-17(14,15)13-9-7-6-8-12(13)11(2)16-3/h6-9,11H,4-5,10H2,1-3H3/t11-/m0/s1. The number of hydrogen-bond donors (Lipinski definition) is 0. The van der Waals surface area contributed by atoms with Crippen molar-refractivity contribution in [1.82, 2.24) is 0 Å². The van der Waals surface area contributed by atoms with E-state index in [9.17, 15) is 0 Å². The molecule has 1 atom stereocenters. The molecule has 0 aliphatic carbocycles. The molecule has 1 rings (SSSR count). The van der Waals surface area contributed by atoms with Crippen LogP contribution in [0.25, 0.3) is 0 Å². The topological polar surface area (TPSA) is 9.23 Å². The number of methoxy groups -OCH3 is 1. The van der Waals surface area contributed by atoms with Crippen LogP contribution in [0.2, 0.25) is 4.47 Å². The zero-order valence-corrected chi connectivity index (χ0v) is 14.4. The molecular weight excluding hydrogens is 371 g/mol. The Morgan fingerprint density at radius 3 is 2.53 bits per heavy atom. The summed E-state index contributed by atoms with van der Waals surface area (Å²) in [6.07, 6.45) is 2.29. The van der Waals surface area contributed by atoms with Gasteiger partial charge >= 0.3 is 116 Å². The second-order valence-corrected chi connectivity index (χ2v) is 17.9. The molecule has 0 saturated carbocycles. The molecule has 0 aliphatic rings. The first-order valence-corrected chi connectivity index (χ1v) is 14.6. The third-order valence-electron chi connectivity index (χ3n) is 2.79. The summed E-state index contributed by atoms with van der Waals surface area (Å²) in [5.74, 6) is 0. The van der Waals surface area contributed by atoms with E-state index in [0.29, 0.717) is 0 Å². The van der Waals surface area contributed by atoms with Crippen molar-refractivity contribution in [3.8, 4) is 0 Å². The molecule has 0 aromatic heterocycles. The molecule has 17 heavy (non-hydrogen) atoms. The van der Waals surface area contributed by atoms with Crippen LogP contribution < -0.4 is 3.61 Å². The molecule has 0 radical (unpaired) electrons. The van der Waals surface area contributed by atoms with Crippen LogP contribution in [0, 0.1) is 0 Å². The van der Waals surface area contributed by atoms with Crippen molar-refractivity contribution >= 4 is 37.5 Å². The molecule has 0 heterocycles. The molecule has 0 unspecified atom stereocenters. The second-order valence-electron chi connectivity index (χ2n) is 4.05. The molecule has 0 aliphatic heterocycles. The van der Waals surface area contributed by atoms with Gasteiger partial charge in [-0.3, -0.25) is 0 Å².